The maximum Gasteiger partial charge on any atom is 0.272 e. The van der Waals surface area contributed by atoms with Crippen molar-refractivity contribution in [3.8, 4) is 5.69 Å². The minimum Gasteiger partial charge on any atom is -0.395 e. The maximum atomic E-state index is 13.9. The van der Waals surface area contributed by atoms with E-state index in [9.17, 15) is 13.6 Å². The number of nitrogens with zero attached hydrogens (tertiary/aromatic N) is 3. The first kappa shape index (κ1) is 19.4. The van der Waals surface area contributed by atoms with Gasteiger partial charge in [-0.3, -0.25) is 4.79 Å². The number of nitrogens with one attached hydrogen (secondary N) is 1. The minimum absolute atomic E-state index is 0.159. The molecule has 0 bridgehead atoms. The van der Waals surface area contributed by atoms with E-state index in [2.05, 4.69) is 15.3 Å². The molecule has 0 atom stereocenters. The van der Waals surface area contributed by atoms with Crippen LogP contribution in [-0.2, 0) is 0 Å². The lowest BCUT2D eigenvalue weighted by molar-refractivity contribution is 0.0926. The maximum absolute atomic E-state index is 13.9. The quantitative estimate of drug-likeness (QED) is 0.806. The molecule has 0 aliphatic carbocycles. The first-order valence-corrected chi connectivity index (χ1v) is 9.11. The van der Waals surface area contributed by atoms with Crippen LogP contribution in [0.3, 0.4) is 0 Å². The second-order valence-corrected chi connectivity index (χ2v) is 6.89. The number of piperidine rings is 1. The molecule has 0 radical (unpaired) electrons. The third-order valence-corrected chi connectivity index (χ3v) is 4.95. The Labute approximate surface area is 156 Å². The number of rotatable bonds is 6. The van der Waals surface area contributed by atoms with Gasteiger partial charge in [-0.15, -0.1) is 0 Å². The van der Waals surface area contributed by atoms with Crippen LogP contribution < -0.4 is 5.32 Å². The number of para-hydroxylation sites is 1. The summed E-state index contributed by atoms with van der Waals surface area (Å²) in [5.74, 6) is -1.45. The summed E-state index contributed by atoms with van der Waals surface area (Å²) < 4.78 is 28.9. The fourth-order valence-corrected chi connectivity index (χ4v) is 3.38. The molecule has 8 heteroatoms. The lowest BCUT2D eigenvalue weighted by Gasteiger charge is -2.31. The van der Waals surface area contributed by atoms with Gasteiger partial charge in [0.15, 0.2) is 17.3 Å². The molecule has 0 spiro atoms. The smallest absolute Gasteiger partial charge is 0.272 e. The van der Waals surface area contributed by atoms with Gasteiger partial charge in [0.2, 0.25) is 0 Å². The first-order valence-electron chi connectivity index (χ1n) is 9.11. The lowest BCUT2D eigenvalue weighted by atomic mass is 9.97. The van der Waals surface area contributed by atoms with Crippen molar-refractivity contribution < 1.29 is 18.7 Å². The number of amides is 1. The number of aliphatic hydroxyl groups is 1. The highest BCUT2D eigenvalue weighted by Gasteiger charge is 2.22. The molecule has 2 heterocycles. The van der Waals surface area contributed by atoms with Crippen LogP contribution in [0.25, 0.3) is 5.69 Å². The molecule has 1 aliphatic rings. The van der Waals surface area contributed by atoms with Crippen LogP contribution in [0, 0.1) is 24.5 Å². The minimum atomic E-state index is -0.737. The number of benzene rings is 1. The van der Waals surface area contributed by atoms with Gasteiger partial charge in [0.05, 0.1) is 6.61 Å². The van der Waals surface area contributed by atoms with Gasteiger partial charge in [-0.25, -0.2) is 13.5 Å². The normalized spacial score (nSPS) is 15.9. The number of likely N-dealkylation sites (tertiary alicyclic amines) is 1. The van der Waals surface area contributed by atoms with Gasteiger partial charge in [0.25, 0.3) is 5.91 Å². The van der Waals surface area contributed by atoms with Gasteiger partial charge >= 0.3 is 0 Å². The summed E-state index contributed by atoms with van der Waals surface area (Å²) in [6, 6.07) is 3.58. The standard InChI is InChI=1S/C19H24F2N4O2/c1-13-12-25(18-15(20)3-2-4-16(18)21)23-17(13)19(27)22-11-14-5-7-24(8-6-14)9-10-26/h2-4,12,14,26H,5-11H2,1H3,(H,22,27). The SMILES string of the molecule is Cc1cn(-c2c(F)cccc2F)nc1C(=O)NCC1CCN(CCO)CC1. The Balaban J connectivity index is 1.62. The van der Waals surface area contributed by atoms with Gasteiger partial charge < -0.3 is 15.3 Å². The monoisotopic (exact) mass is 378 g/mol. The molecule has 2 N–H and O–H groups in total. The fourth-order valence-electron chi connectivity index (χ4n) is 3.38. The number of halogens is 2. The highest BCUT2D eigenvalue weighted by Crippen LogP contribution is 2.19. The Bertz CT molecular complexity index is 781. The number of aryl methyl sites for hydroxylation is 1. The molecule has 1 fully saturated rings. The van der Waals surface area contributed by atoms with Crippen molar-refractivity contribution >= 4 is 5.91 Å². The summed E-state index contributed by atoms with van der Waals surface area (Å²) in [5, 5.41) is 15.9. The molecular formula is C19H24F2N4O2. The van der Waals surface area contributed by atoms with Gasteiger partial charge in [-0.2, -0.15) is 5.10 Å². The summed E-state index contributed by atoms with van der Waals surface area (Å²) >= 11 is 0. The van der Waals surface area contributed by atoms with Crippen LogP contribution in [0.4, 0.5) is 8.78 Å². The molecule has 3 rings (SSSR count). The Hall–Kier alpha value is -2.32. The molecule has 1 aliphatic heterocycles. The predicted molar refractivity (Wildman–Crippen MR) is 96.8 cm³/mol. The number of hydrogen-bond acceptors (Lipinski definition) is 4. The van der Waals surface area contributed by atoms with Crippen molar-refractivity contribution in [3.05, 3.63) is 47.3 Å². The number of hydrogen-bond donors (Lipinski definition) is 2. The van der Waals surface area contributed by atoms with Crippen LogP contribution in [0.2, 0.25) is 0 Å². The molecule has 6 nitrogen and oxygen atoms in total. The Morgan fingerprint density at radius 1 is 1.30 bits per heavy atom. The zero-order chi connectivity index (χ0) is 19.4. The lowest BCUT2D eigenvalue weighted by Crippen LogP contribution is -2.39. The summed E-state index contributed by atoms with van der Waals surface area (Å²) in [5.41, 5.74) is 0.416. The van der Waals surface area contributed by atoms with Crippen LogP contribution in [0.15, 0.2) is 24.4 Å². The zero-order valence-electron chi connectivity index (χ0n) is 15.3. The Kier molecular flexibility index (Phi) is 6.18. The number of aromatic nitrogens is 2. The summed E-state index contributed by atoms with van der Waals surface area (Å²) in [7, 11) is 0. The summed E-state index contributed by atoms with van der Waals surface area (Å²) in [4.78, 5) is 14.7. The van der Waals surface area contributed by atoms with Crippen LogP contribution in [0.1, 0.15) is 28.9 Å². The van der Waals surface area contributed by atoms with E-state index in [0.717, 1.165) is 42.7 Å². The van der Waals surface area contributed by atoms with Gasteiger partial charge in [0, 0.05) is 24.8 Å². The molecule has 0 saturated carbocycles. The first-order chi connectivity index (χ1) is 13.0. The van der Waals surface area contributed by atoms with Gasteiger partial charge in [-0.05, 0) is 50.9 Å². The van der Waals surface area contributed by atoms with Crippen molar-refractivity contribution in [3.63, 3.8) is 0 Å². The van der Waals surface area contributed by atoms with Crippen molar-refractivity contribution in [2.75, 3.05) is 32.8 Å². The van der Waals surface area contributed by atoms with Gasteiger partial charge in [0.1, 0.15) is 5.69 Å². The van der Waals surface area contributed by atoms with E-state index in [0.29, 0.717) is 24.6 Å². The van der Waals surface area contributed by atoms with Gasteiger partial charge in [-0.1, -0.05) is 6.07 Å². The molecule has 27 heavy (non-hydrogen) atoms. The van der Waals surface area contributed by atoms with E-state index in [4.69, 9.17) is 5.11 Å². The van der Waals surface area contributed by atoms with Crippen molar-refractivity contribution in [1.29, 1.82) is 0 Å². The van der Waals surface area contributed by atoms with Crippen molar-refractivity contribution in [2.45, 2.75) is 19.8 Å². The molecule has 1 aromatic heterocycles. The van der Waals surface area contributed by atoms with Crippen LogP contribution in [0.5, 0.6) is 0 Å². The molecule has 1 saturated heterocycles. The average molecular weight is 378 g/mol. The topological polar surface area (TPSA) is 70.4 Å². The van der Waals surface area contributed by atoms with Crippen molar-refractivity contribution in [1.82, 2.24) is 20.0 Å². The molecule has 1 aromatic carbocycles. The third kappa shape index (κ3) is 4.51. The molecule has 146 valence electrons. The summed E-state index contributed by atoms with van der Waals surface area (Å²) in [6.07, 6.45) is 3.35. The second-order valence-electron chi connectivity index (χ2n) is 6.89. The highest BCUT2D eigenvalue weighted by molar-refractivity contribution is 5.93. The van der Waals surface area contributed by atoms with Crippen LogP contribution >= 0.6 is 0 Å². The van der Waals surface area contributed by atoms with E-state index in [1.165, 1.54) is 12.3 Å². The van der Waals surface area contributed by atoms with E-state index in [-0.39, 0.29) is 23.9 Å². The second kappa shape index (κ2) is 8.58. The highest BCUT2D eigenvalue weighted by atomic mass is 19.1. The molecule has 1 amide bonds. The number of β-amino-alcohol motifs (C(OH)–C–C–N with tert-alkyl or cyclic N) is 1. The Morgan fingerprint density at radius 3 is 2.59 bits per heavy atom. The average Bonchev–Trinajstić information content (AvgIpc) is 3.02. The number of aliphatic hydroxyl groups excluding tert-OH is 1. The van der Waals surface area contributed by atoms with E-state index < -0.39 is 11.6 Å². The van der Waals surface area contributed by atoms with E-state index >= 15 is 0 Å². The zero-order valence-corrected chi connectivity index (χ0v) is 15.3. The molecule has 0 unspecified atom stereocenters. The number of carbonyl (C=O) groups is 1. The molecular weight excluding hydrogens is 354 g/mol. The Morgan fingerprint density at radius 2 is 1.96 bits per heavy atom. The third-order valence-electron chi connectivity index (χ3n) is 4.95. The molecule has 2 aromatic rings. The largest absolute Gasteiger partial charge is 0.395 e. The van der Waals surface area contributed by atoms with Crippen molar-refractivity contribution in [2.24, 2.45) is 5.92 Å². The fraction of sp³-hybridized carbons (Fsp3) is 0.474. The summed E-state index contributed by atoms with van der Waals surface area (Å²) in [6.45, 7) is 4.87. The number of carbonyl (C=O) groups excluding carboxylic acids is 1. The van der Waals surface area contributed by atoms with E-state index in [1.54, 1.807) is 6.92 Å². The van der Waals surface area contributed by atoms with Crippen LogP contribution in [-0.4, -0.2) is 58.5 Å². The van der Waals surface area contributed by atoms with E-state index in [1.807, 2.05) is 0 Å². The predicted octanol–water partition coefficient (Wildman–Crippen LogP) is 1.89.